The number of benzene rings is 1. The maximum Gasteiger partial charge on any atom is 0.493 e. The first-order chi connectivity index (χ1) is 11.1. The smallest absolute Gasteiger partial charge is 0.493 e. The van der Waals surface area contributed by atoms with Crippen LogP contribution in [0.3, 0.4) is 0 Å². The first kappa shape index (κ1) is 17.8. The number of pyridine rings is 1. The maximum atomic E-state index is 12.5. The molecule has 0 aliphatic carbocycles. The molecule has 9 heteroatoms. The van der Waals surface area contributed by atoms with Gasteiger partial charge >= 0.3 is 12.1 Å². The predicted molar refractivity (Wildman–Crippen MR) is 79.8 cm³/mol. The molecule has 1 aromatic carbocycles. The van der Waals surface area contributed by atoms with Crippen molar-refractivity contribution < 1.29 is 27.9 Å². The third-order valence-electron chi connectivity index (χ3n) is 3.29. The number of hydrogen-bond donors (Lipinski definition) is 1. The number of phenols is 1. The molecule has 0 aliphatic rings. The van der Waals surface area contributed by atoms with Gasteiger partial charge in [0.2, 0.25) is 0 Å². The lowest BCUT2D eigenvalue weighted by molar-refractivity contribution is -0.199. The normalized spacial score (nSPS) is 11.9. The lowest BCUT2D eigenvalue weighted by atomic mass is 10.1. The van der Waals surface area contributed by atoms with Crippen LogP contribution in [0.15, 0.2) is 29.1 Å². The van der Waals surface area contributed by atoms with Crippen LogP contribution in [-0.4, -0.2) is 47.5 Å². The summed E-state index contributed by atoms with van der Waals surface area (Å²) >= 11 is 0. The van der Waals surface area contributed by atoms with Crippen molar-refractivity contribution in [3.8, 4) is 5.75 Å². The van der Waals surface area contributed by atoms with E-state index in [-0.39, 0.29) is 33.4 Å². The molecule has 0 amide bonds. The molecule has 0 saturated heterocycles. The lowest BCUT2D eigenvalue weighted by Gasteiger charge is -2.15. The average Bonchev–Trinajstić information content (AvgIpc) is 2.47. The van der Waals surface area contributed by atoms with Crippen LogP contribution in [0.4, 0.5) is 13.2 Å². The van der Waals surface area contributed by atoms with Gasteiger partial charge in [-0.25, -0.2) is 4.79 Å². The number of hydrogen-bond acceptors (Lipinski definition) is 5. The van der Waals surface area contributed by atoms with Crippen molar-refractivity contribution in [1.29, 1.82) is 0 Å². The van der Waals surface area contributed by atoms with Crippen LogP contribution in [0.25, 0.3) is 10.9 Å². The SMILES string of the molecule is CN(C)CCc1cc2c(O)cccc2n(OC(=O)C(F)(F)F)c1=O. The fourth-order valence-corrected chi connectivity index (χ4v) is 2.09. The van der Waals surface area contributed by atoms with E-state index in [1.54, 1.807) is 19.0 Å². The minimum atomic E-state index is -5.25. The minimum Gasteiger partial charge on any atom is -0.507 e. The number of alkyl halides is 3. The van der Waals surface area contributed by atoms with Crippen molar-refractivity contribution >= 4 is 16.9 Å². The molecule has 1 aromatic heterocycles. The zero-order valence-corrected chi connectivity index (χ0v) is 12.9. The fourth-order valence-electron chi connectivity index (χ4n) is 2.09. The van der Waals surface area contributed by atoms with Crippen molar-refractivity contribution in [2.24, 2.45) is 0 Å². The Morgan fingerprint density at radius 1 is 1.33 bits per heavy atom. The Morgan fingerprint density at radius 2 is 2.00 bits per heavy atom. The summed E-state index contributed by atoms with van der Waals surface area (Å²) in [5.74, 6) is -2.76. The van der Waals surface area contributed by atoms with Gasteiger partial charge in [-0.1, -0.05) is 6.07 Å². The molecule has 24 heavy (non-hydrogen) atoms. The van der Waals surface area contributed by atoms with Crippen LogP contribution in [0, 0.1) is 0 Å². The van der Waals surface area contributed by atoms with Gasteiger partial charge in [-0.2, -0.15) is 13.2 Å². The third kappa shape index (κ3) is 3.67. The summed E-state index contributed by atoms with van der Waals surface area (Å²) < 4.78 is 37.6. The zero-order chi connectivity index (χ0) is 18.1. The molecule has 0 saturated carbocycles. The number of nitrogens with zero attached hydrogens (tertiary/aromatic N) is 2. The molecule has 6 nitrogen and oxygen atoms in total. The molecule has 130 valence electrons. The van der Waals surface area contributed by atoms with Gasteiger partial charge in [0, 0.05) is 17.5 Å². The Bertz CT molecular complexity index is 828. The number of rotatable bonds is 4. The Morgan fingerprint density at radius 3 is 2.58 bits per heavy atom. The zero-order valence-electron chi connectivity index (χ0n) is 12.9. The second kappa shape index (κ2) is 6.52. The number of phenolic OH excluding ortho intramolecular Hbond substituents is 1. The number of aromatic nitrogens is 1. The quantitative estimate of drug-likeness (QED) is 0.906. The van der Waals surface area contributed by atoms with Crippen LogP contribution >= 0.6 is 0 Å². The second-order valence-corrected chi connectivity index (χ2v) is 5.41. The molecule has 0 bridgehead atoms. The molecule has 0 spiro atoms. The van der Waals surface area contributed by atoms with E-state index in [0.29, 0.717) is 6.54 Å². The number of halogens is 3. The number of aromatic hydroxyl groups is 1. The van der Waals surface area contributed by atoms with Gasteiger partial charge in [-0.15, -0.1) is 4.73 Å². The molecular weight excluding hydrogens is 329 g/mol. The van der Waals surface area contributed by atoms with Crippen molar-refractivity contribution in [1.82, 2.24) is 9.63 Å². The Labute approximate surface area is 134 Å². The van der Waals surface area contributed by atoms with Crippen LogP contribution in [-0.2, 0) is 11.2 Å². The monoisotopic (exact) mass is 344 g/mol. The second-order valence-electron chi connectivity index (χ2n) is 5.41. The summed E-state index contributed by atoms with van der Waals surface area (Å²) in [7, 11) is 3.53. The van der Waals surface area contributed by atoms with E-state index in [0.717, 1.165) is 0 Å². The maximum absolute atomic E-state index is 12.5. The summed E-state index contributed by atoms with van der Waals surface area (Å²) in [6.45, 7) is 0.446. The Hall–Kier alpha value is -2.55. The molecule has 2 aromatic rings. The summed E-state index contributed by atoms with van der Waals surface area (Å²) in [4.78, 5) is 29.5. The highest BCUT2D eigenvalue weighted by molar-refractivity contribution is 5.86. The molecule has 1 heterocycles. The fraction of sp³-hybridized carbons (Fsp3) is 0.333. The highest BCUT2D eigenvalue weighted by atomic mass is 19.4. The number of carbonyl (C=O) groups excluding carboxylic acids is 1. The van der Waals surface area contributed by atoms with E-state index in [4.69, 9.17) is 0 Å². The minimum absolute atomic E-state index is 0.112. The first-order valence-electron chi connectivity index (χ1n) is 6.92. The molecule has 2 rings (SSSR count). The standard InChI is InChI=1S/C15H15F3N2O4/c1-19(2)7-6-9-8-10-11(4-3-5-12(10)21)20(13(9)22)24-14(23)15(16,17)18/h3-5,8,21H,6-7H2,1-2H3. The Balaban J connectivity index is 2.62. The van der Waals surface area contributed by atoms with Crippen molar-refractivity contribution in [2.45, 2.75) is 12.6 Å². The van der Waals surface area contributed by atoms with E-state index in [2.05, 4.69) is 4.84 Å². The van der Waals surface area contributed by atoms with E-state index in [1.807, 2.05) is 0 Å². The summed E-state index contributed by atoms with van der Waals surface area (Å²) in [6, 6.07) is 5.30. The van der Waals surface area contributed by atoms with Crippen LogP contribution in [0.2, 0.25) is 0 Å². The van der Waals surface area contributed by atoms with Gasteiger partial charge < -0.3 is 14.8 Å². The van der Waals surface area contributed by atoms with Gasteiger partial charge in [0.1, 0.15) is 5.75 Å². The van der Waals surface area contributed by atoms with Gasteiger partial charge in [0.05, 0.1) is 5.52 Å². The van der Waals surface area contributed by atoms with E-state index in [9.17, 15) is 27.9 Å². The largest absolute Gasteiger partial charge is 0.507 e. The van der Waals surface area contributed by atoms with Gasteiger partial charge in [-0.3, -0.25) is 4.79 Å². The summed E-state index contributed by atoms with van der Waals surface area (Å²) in [6.07, 6.45) is -5.04. The van der Waals surface area contributed by atoms with E-state index >= 15 is 0 Å². The van der Waals surface area contributed by atoms with Crippen LogP contribution in [0.5, 0.6) is 5.75 Å². The Kier molecular flexibility index (Phi) is 4.83. The number of likely N-dealkylation sites (N-methyl/N-ethyl adjacent to an activating group) is 1. The lowest BCUT2D eigenvalue weighted by Crippen LogP contribution is -2.39. The number of carbonyl (C=O) groups is 1. The van der Waals surface area contributed by atoms with Crippen molar-refractivity contribution in [2.75, 3.05) is 20.6 Å². The van der Waals surface area contributed by atoms with Gasteiger partial charge in [0.25, 0.3) is 5.56 Å². The summed E-state index contributed by atoms with van der Waals surface area (Å²) in [5.41, 5.74) is -0.897. The average molecular weight is 344 g/mol. The first-order valence-corrected chi connectivity index (χ1v) is 6.92. The predicted octanol–water partition coefficient (Wildman–Crippen LogP) is 1.33. The molecule has 0 aliphatic heterocycles. The highest BCUT2D eigenvalue weighted by Gasteiger charge is 2.42. The van der Waals surface area contributed by atoms with Crippen LogP contribution < -0.4 is 10.4 Å². The highest BCUT2D eigenvalue weighted by Crippen LogP contribution is 2.24. The van der Waals surface area contributed by atoms with Crippen molar-refractivity contribution in [3.05, 3.63) is 40.2 Å². The number of fused-ring (bicyclic) bond motifs is 1. The molecule has 0 unspecified atom stereocenters. The molecule has 0 fully saturated rings. The molecule has 0 radical (unpaired) electrons. The van der Waals surface area contributed by atoms with E-state index < -0.39 is 17.7 Å². The summed E-state index contributed by atoms with van der Waals surface area (Å²) in [5, 5.41) is 10.0. The topological polar surface area (TPSA) is 71.8 Å². The third-order valence-corrected chi connectivity index (χ3v) is 3.29. The molecule has 0 atom stereocenters. The van der Waals surface area contributed by atoms with E-state index in [1.165, 1.54) is 24.3 Å². The molecular formula is C15H15F3N2O4. The van der Waals surface area contributed by atoms with Crippen LogP contribution in [0.1, 0.15) is 5.56 Å². The van der Waals surface area contributed by atoms with Crippen molar-refractivity contribution in [3.63, 3.8) is 0 Å². The van der Waals surface area contributed by atoms with Gasteiger partial charge in [0.15, 0.2) is 0 Å². The van der Waals surface area contributed by atoms with Gasteiger partial charge in [-0.05, 0) is 38.7 Å². The molecule has 1 N–H and O–H groups in total.